The highest BCUT2D eigenvalue weighted by molar-refractivity contribution is 7.80. The molecule has 0 heterocycles. The van der Waals surface area contributed by atoms with Crippen LogP contribution in [0.3, 0.4) is 0 Å². The summed E-state index contributed by atoms with van der Waals surface area (Å²) in [5.41, 5.74) is 0. The van der Waals surface area contributed by atoms with Crippen LogP contribution in [0.1, 0.15) is 53.4 Å². The molecule has 0 radical (unpaired) electrons. The molecule has 0 aliphatic rings. The Kier molecular flexibility index (Phi) is 9.73. The zero-order valence-corrected chi connectivity index (χ0v) is 11.9. The van der Waals surface area contributed by atoms with Crippen molar-refractivity contribution in [2.75, 3.05) is 18.8 Å². The van der Waals surface area contributed by atoms with E-state index in [1.165, 1.54) is 38.8 Å². The molecule has 0 bridgehead atoms. The van der Waals surface area contributed by atoms with Crippen molar-refractivity contribution in [3.63, 3.8) is 0 Å². The fourth-order valence-corrected chi connectivity index (χ4v) is 2.03. The first-order valence-corrected chi connectivity index (χ1v) is 7.06. The van der Waals surface area contributed by atoms with E-state index in [1.807, 2.05) is 0 Å². The third-order valence-electron chi connectivity index (χ3n) is 2.68. The number of hydrogen-bond donors (Lipinski definition) is 1. The Morgan fingerprint density at radius 2 is 1.53 bits per heavy atom. The lowest BCUT2D eigenvalue weighted by Gasteiger charge is -2.28. The third-order valence-corrected chi connectivity index (χ3v) is 3.00. The molecule has 0 rings (SSSR count). The Bertz CT molecular complexity index is 134. The number of rotatable bonds is 9. The molecular weight excluding hydrogens is 202 g/mol. The normalized spacial score (nSPS) is 12.0. The minimum Gasteiger partial charge on any atom is -0.301 e. The molecule has 0 saturated carbocycles. The van der Waals surface area contributed by atoms with Gasteiger partial charge >= 0.3 is 0 Å². The van der Waals surface area contributed by atoms with Gasteiger partial charge in [-0.05, 0) is 44.9 Å². The van der Waals surface area contributed by atoms with Gasteiger partial charge in [0.25, 0.3) is 0 Å². The summed E-state index contributed by atoms with van der Waals surface area (Å²) in [4.78, 5) is 2.60. The van der Waals surface area contributed by atoms with Gasteiger partial charge in [-0.2, -0.15) is 12.6 Å². The zero-order valence-electron chi connectivity index (χ0n) is 11.0. The van der Waals surface area contributed by atoms with Crippen molar-refractivity contribution in [2.45, 2.75) is 59.4 Å². The second-order valence-electron chi connectivity index (χ2n) is 5.12. The molecule has 0 aromatic rings. The van der Waals surface area contributed by atoms with Gasteiger partial charge in [0, 0.05) is 12.6 Å². The fraction of sp³-hybridized carbons (Fsp3) is 1.00. The molecule has 15 heavy (non-hydrogen) atoms. The monoisotopic (exact) mass is 231 g/mol. The summed E-state index contributed by atoms with van der Waals surface area (Å²) in [5.74, 6) is 1.82. The number of hydrogen-bond acceptors (Lipinski definition) is 2. The number of thiol groups is 1. The lowest BCUT2D eigenvalue weighted by atomic mass is 10.1. The van der Waals surface area contributed by atoms with Gasteiger partial charge in [0.15, 0.2) is 0 Å². The summed E-state index contributed by atoms with van der Waals surface area (Å²) in [6.07, 6.45) is 5.33. The highest BCUT2D eigenvalue weighted by Crippen LogP contribution is 2.08. The molecule has 0 saturated heterocycles. The van der Waals surface area contributed by atoms with E-state index in [1.54, 1.807) is 0 Å². The first kappa shape index (κ1) is 15.3. The first-order valence-electron chi connectivity index (χ1n) is 6.42. The van der Waals surface area contributed by atoms with E-state index in [0.717, 1.165) is 11.7 Å². The Balaban J connectivity index is 3.58. The van der Waals surface area contributed by atoms with Gasteiger partial charge in [-0.3, -0.25) is 0 Å². The van der Waals surface area contributed by atoms with E-state index in [-0.39, 0.29) is 0 Å². The highest BCUT2D eigenvalue weighted by atomic mass is 32.1. The molecule has 0 spiro atoms. The van der Waals surface area contributed by atoms with Crippen molar-refractivity contribution in [1.82, 2.24) is 4.90 Å². The van der Waals surface area contributed by atoms with Crippen LogP contribution in [0.5, 0.6) is 0 Å². The minimum absolute atomic E-state index is 0.692. The van der Waals surface area contributed by atoms with Crippen LogP contribution in [0.15, 0.2) is 0 Å². The summed E-state index contributed by atoms with van der Waals surface area (Å²) < 4.78 is 0. The topological polar surface area (TPSA) is 3.24 Å². The molecule has 2 heteroatoms. The van der Waals surface area contributed by atoms with Crippen LogP contribution < -0.4 is 0 Å². The standard InChI is InChI=1S/C13H29NS/c1-12(2)11-14(13(3)4)9-7-5-6-8-10-15/h12-13,15H,5-11H2,1-4H3. The van der Waals surface area contributed by atoms with Gasteiger partial charge < -0.3 is 4.90 Å². The summed E-state index contributed by atoms with van der Waals surface area (Å²) in [5, 5.41) is 0. The van der Waals surface area contributed by atoms with Crippen LogP contribution in [-0.2, 0) is 0 Å². The molecule has 1 nitrogen and oxygen atoms in total. The summed E-state index contributed by atoms with van der Waals surface area (Å²) in [7, 11) is 0. The van der Waals surface area contributed by atoms with Crippen molar-refractivity contribution >= 4 is 12.6 Å². The molecule has 0 N–H and O–H groups in total. The molecule has 92 valence electrons. The van der Waals surface area contributed by atoms with Crippen molar-refractivity contribution < 1.29 is 0 Å². The van der Waals surface area contributed by atoms with Crippen molar-refractivity contribution in [3.8, 4) is 0 Å². The highest BCUT2D eigenvalue weighted by Gasteiger charge is 2.10. The molecule has 0 amide bonds. The van der Waals surface area contributed by atoms with Crippen LogP contribution in [0.4, 0.5) is 0 Å². The van der Waals surface area contributed by atoms with Gasteiger partial charge in [0.05, 0.1) is 0 Å². The van der Waals surface area contributed by atoms with Crippen molar-refractivity contribution in [2.24, 2.45) is 5.92 Å². The number of nitrogens with zero attached hydrogens (tertiary/aromatic N) is 1. The Morgan fingerprint density at radius 3 is 2.00 bits per heavy atom. The quantitative estimate of drug-likeness (QED) is 0.466. The zero-order chi connectivity index (χ0) is 11.7. The molecule has 0 atom stereocenters. The summed E-state index contributed by atoms with van der Waals surface area (Å²) >= 11 is 4.23. The van der Waals surface area contributed by atoms with Crippen LogP contribution in [0.2, 0.25) is 0 Å². The van der Waals surface area contributed by atoms with E-state index in [0.29, 0.717) is 6.04 Å². The van der Waals surface area contributed by atoms with Crippen LogP contribution >= 0.6 is 12.6 Å². The van der Waals surface area contributed by atoms with Gasteiger partial charge in [0.2, 0.25) is 0 Å². The lowest BCUT2D eigenvalue weighted by Crippen LogP contribution is -2.34. The second-order valence-corrected chi connectivity index (χ2v) is 5.57. The summed E-state index contributed by atoms with van der Waals surface area (Å²) in [6.45, 7) is 11.7. The van der Waals surface area contributed by atoms with Crippen LogP contribution in [0.25, 0.3) is 0 Å². The fourth-order valence-electron chi connectivity index (χ4n) is 1.81. The largest absolute Gasteiger partial charge is 0.301 e. The van der Waals surface area contributed by atoms with Crippen molar-refractivity contribution in [1.29, 1.82) is 0 Å². The molecular formula is C13H29NS. The Morgan fingerprint density at radius 1 is 0.933 bits per heavy atom. The average molecular weight is 231 g/mol. The molecule has 0 aromatic carbocycles. The minimum atomic E-state index is 0.692. The van der Waals surface area contributed by atoms with Crippen LogP contribution in [0, 0.1) is 5.92 Å². The molecule has 0 unspecified atom stereocenters. The Hall–Kier alpha value is 0.310. The van der Waals surface area contributed by atoms with E-state index < -0.39 is 0 Å². The van der Waals surface area contributed by atoms with Gasteiger partial charge in [0.1, 0.15) is 0 Å². The van der Waals surface area contributed by atoms with Gasteiger partial charge in [-0.15, -0.1) is 0 Å². The van der Waals surface area contributed by atoms with E-state index in [9.17, 15) is 0 Å². The second kappa shape index (κ2) is 9.53. The van der Waals surface area contributed by atoms with E-state index in [2.05, 4.69) is 45.2 Å². The van der Waals surface area contributed by atoms with E-state index in [4.69, 9.17) is 0 Å². The maximum absolute atomic E-state index is 4.23. The molecule has 0 fully saturated rings. The van der Waals surface area contributed by atoms with Crippen molar-refractivity contribution in [3.05, 3.63) is 0 Å². The average Bonchev–Trinajstić information content (AvgIpc) is 2.15. The summed E-state index contributed by atoms with van der Waals surface area (Å²) in [6, 6.07) is 0.692. The molecule has 0 aliphatic heterocycles. The smallest absolute Gasteiger partial charge is 0.00387 e. The van der Waals surface area contributed by atoms with Gasteiger partial charge in [-0.25, -0.2) is 0 Å². The maximum atomic E-state index is 4.23. The number of unbranched alkanes of at least 4 members (excludes halogenated alkanes) is 3. The maximum Gasteiger partial charge on any atom is 0.00387 e. The van der Waals surface area contributed by atoms with Gasteiger partial charge in [-0.1, -0.05) is 26.7 Å². The predicted molar refractivity (Wildman–Crippen MR) is 73.9 cm³/mol. The lowest BCUT2D eigenvalue weighted by molar-refractivity contribution is 0.193. The SMILES string of the molecule is CC(C)CN(CCCCCCS)C(C)C. The third kappa shape index (κ3) is 9.25. The first-order chi connectivity index (χ1) is 7.07. The predicted octanol–water partition coefficient (Wildman–Crippen LogP) is 3.84. The molecule has 0 aliphatic carbocycles. The van der Waals surface area contributed by atoms with Crippen LogP contribution in [-0.4, -0.2) is 29.8 Å². The van der Waals surface area contributed by atoms with E-state index >= 15 is 0 Å². The Labute approximate surface area is 102 Å². The molecule has 0 aromatic heterocycles.